The van der Waals surface area contributed by atoms with Crippen LogP contribution in [-0.2, 0) is 0 Å². The van der Waals surface area contributed by atoms with Gasteiger partial charge in [-0.3, -0.25) is 0 Å². The van der Waals surface area contributed by atoms with Crippen LogP contribution in [0.15, 0.2) is 273 Å². The lowest BCUT2D eigenvalue weighted by Crippen LogP contribution is -2.02. The molecule has 5 heteroatoms. The molecule has 0 saturated carbocycles. The summed E-state index contributed by atoms with van der Waals surface area (Å²) in [5.41, 5.74) is 19.3. The number of para-hydroxylation sites is 4. The minimum atomic E-state index is 0.676. The summed E-state index contributed by atoms with van der Waals surface area (Å²) < 4.78 is 7.42. The molecule has 4 aromatic heterocycles. The van der Waals surface area contributed by atoms with Crippen LogP contribution < -0.4 is 0 Å². The summed E-state index contributed by atoms with van der Waals surface area (Å²) >= 11 is 0. The highest BCUT2D eigenvalue weighted by atomic mass is 15.0. The Kier molecular flexibility index (Phi) is 9.82. The molecule has 0 amide bonds. The van der Waals surface area contributed by atoms with E-state index in [1.807, 2.05) is 6.07 Å². The molecular weight excluding hydrogens is 911 g/mol. The second-order valence-electron chi connectivity index (χ2n) is 19.3. The molecule has 75 heavy (non-hydrogen) atoms. The number of fused-ring (bicyclic) bond motifs is 10. The highest BCUT2D eigenvalue weighted by Crippen LogP contribution is 2.47. The van der Waals surface area contributed by atoms with Crippen molar-refractivity contribution in [2.24, 2.45) is 0 Å². The number of hydrogen-bond donors (Lipinski definition) is 0. The van der Waals surface area contributed by atoms with Gasteiger partial charge in [-0.2, -0.15) is 0 Å². The Morgan fingerprint density at radius 2 is 0.733 bits per heavy atom. The largest absolute Gasteiger partial charge is 0.309 e. The Balaban J connectivity index is 1.10. The fourth-order valence-electron chi connectivity index (χ4n) is 11.7. The van der Waals surface area contributed by atoms with Gasteiger partial charge in [0, 0.05) is 65.9 Å². The molecule has 11 aromatic carbocycles. The van der Waals surface area contributed by atoms with Crippen molar-refractivity contribution in [3.05, 3.63) is 273 Å². The van der Waals surface area contributed by atoms with Crippen LogP contribution in [0.3, 0.4) is 0 Å². The third kappa shape index (κ3) is 6.86. The van der Waals surface area contributed by atoms with E-state index in [2.05, 4.69) is 281 Å². The zero-order valence-corrected chi connectivity index (χ0v) is 40.7. The predicted octanol–water partition coefficient (Wildman–Crippen LogP) is 18.1. The second-order valence-corrected chi connectivity index (χ2v) is 19.3. The summed E-state index contributed by atoms with van der Waals surface area (Å²) in [5.74, 6) is 0.676. The van der Waals surface area contributed by atoms with Crippen molar-refractivity contribution in [1.29, 1.82) is 0 Å². The molecule has 0 bridgehead atoms. The van der Waals surface area contributed by atoms with Crippen LogP contribution in [0.1, 0.15) is 0 Å². The lowest BCUT2D eigenvalue weighted by molar-refractivity contribution is 1.16. The predicted molar refractivity (Wildman–Crippen MR) is 312 cm³/mol. The van der Waals surface area contributed by atoms with E-state index in [9.17, 15) is 0 Å². The molecule has 15 rings (SSSR count). The first kappa shape index (κ1) is 42.6. The Bertz CT molecular complexity index is 4560. The van der Waals surface area contributed by atoms with Crippen LogP contribution in [0.2, 0.25) is 0 Å². The maximum absolute atomic E-state index is 5.47. The van der Waals surface area contributed by atoms with Gasteiger partial charge in [-0.15, -0.1) is 0 Å². The van der Waals surface area contributed by atoms with Gasteiger partial charge < -0.3 is 13.7 Å². The van der Waals surface area contributed by atoms with Crippen molar-refractivity contribution >= 4 is 65.4 Å². The summed E-state index contributed by atoms with van der Waals surface area (Å²) in [4.78, 5) is 10.7. The van der Waals surface area contributed by atoms with Crippen molar-refractivity contribution in [2.45, 2.75) is 0 Å². The summed E-state index contributed by atoms with van der Waals surface area (Å²) in [6, 6.07) is 98.4. The fraction of sp³-hybridized carbons (Fsp3) is 0. The maximum atomic E-state index is 5.47. The SMILES string of the molecule is c1ccc(-c2cc(-c3cc(-c4ccccc4)c(-n4c5ccc(-n6c7ccccc7c7ccccc76)cc5c5ccc6c(c7ccccc7n6-c6ccccc6)c54)cc3-c3ccccc3)nc(-c3ccccc3)n2)cc1. The second kappa shape index (κ2) is 17.3. The van der Waals surface area contributed by atoms with Crippen LogP contribution in [0.25, 0.3) is 139 Å². The van der Waals surface area contributed by atoms with Crippen LogP contribution in [-0.4, -0.2) is 23.7 Å². The van der Waals surface area contributed by atoms with Gasteiger partial charge >= 0.3 is 0 Å². The van der Waals surface area contributed by atoms with Crippen molar-refractivity contribution in [1.82, 2.24) is 23.7 Å². The molecule has 0 aliphatic carbocycles. The molecule has 0 atom stereocenters. The maximum Gasteiger partial charge on any atom is 0.160 e. The molecule has 5 nitrogen and oxygen atoms in total. The average Bonchev–Trinajstić information content (AvgIpc) is 4.14. The monoisotopic (exact) mass is 955 g/mol. The number of rotatable bonds is 8. The minimum Gasteiger partial charge on any atom is -0.309 e. The number of hydrogen-bond acceptors (Lipinski definition) is 2. The van der Waals surface area contributed by atoms with E-state index in [1.54, 1.807) is 0 Å². The molecule has 0 unspecified atom stereocenters. The molecule has 15 aromatic rings. The Morgan fingerprint density at radius 3 is 1.37 bits per heavy atom. The first-order chi connectivity index (χ1) is 37.2. The fourth-order valence-corrected chi connectivity index (χ4v) is 11.7. The topological polar surface area (TPSA) is 40.6 Å². The lowest BCUT2D eigenvalue weighted by atomic mass is 9.91. The summed E-state index contributed by atoms with van der Waals surface area (Å²) in [6.07, 6.45) is 0. The van der Waals surface area contributed by atoms with Crippen molar-refractivity contribution in [3.63, 3.8) is 0 Å². The van der Waals surface area contributed by atoms with E-state index in [1.165, 1.54) is 43.4 Å². The van der Waals surface area contributed by atoms with Gasteiger partial charge in [-0.1, -0.05) is 200 Å². The molecule has 0 N–H and O–H groups in total. The number of benzene rings is 11. The summed E-state index contributed by atoms with van der Waals surface area (Å²) in [5, 5.41) is 7.21. The van der Waals surface area contributed by atoms with Gasteiger partial charge in [0.25, 0.3) is 0 Å². The number of nitrogens with zero attached hydrogens (tertiary/aromatic N) is 5. The van der Waals surface area contributed by atoms with E-state index in [0.717, 1.165) is 89.5 Å². The lowest BCUT2D eigenvalue weighted by Gasteiger charge is -2.20. The van der Waals surface area contributed by atoms with Gasteiger partial charge in [-0.25, -0.2) is 9.97 Å². The minimum absolute atomic E-state index is 0.676. The molecule has 350 valence electrons. The van der Waals surface area contributed by atoms with E-state index < -0.39 is 0 Å². The van der Waals surface area contributed by atoms with Crippen LogP contribution >= 0.6 is 0 Å². The zero-order valence-electron chi connectivity index (χ0n) is 40.7. The van der Waals surface area contributed by atoms with E-state index in [4.69, 9.17) is 9.97 Å². The van der Waals surface area contributed by atoms with Gasteiger partial charge in [0.2, 0.25) is 0 Å². The normalized spacial score (nSPS) is 11.7. The quantitative estimate of drug-likeness (QED) is 0.152. The first-order valence-electron chi connectivity index (χ1n) is 25.6. The molecule has 0 aliphatic heterocycles. The van der Waals surface area contributed by atoms with Crippen molar-refractivity contribution < 1.29 is 0 Å². The van der Waals surface area contributed by atoms with Crippen LogP contribution in [0.5, 0.6) is 0 Å². The van der Waals surface area contributed by atoms with Crippen molar-refractivity contribution in [2.75, 3.05) is 0 Å². The van der Waals surface area contributed by atoms with E-state index >= 15 is 0 Å². The number of aromatic nitrogens is 5. The molecule has 4 heterocycles. The third-order valence-electron chi connectivity index (χ3n) is 15.0. The molecule has 0 radical (unpaired) electrons. The smallest absolute Gasteiger partial charge is 0.160 e. The average molecular weight is 956 g/mol. The van der Waals surface area contributed by atoms with Gasteiger partial charge in [-0.05, 0) is 89.5 Å². The van der Waals surface area contributed by atoms with E-state index in [0.29, 0.717) is 5.82 Å². The Hall–Kier alpha value is -10.1. The molecule has 0 spiro atoms. The van der Waals surface area contributed by atoms with Crippen LogP contribution in [0, 0.1) is 0 Å². The molecular formula is C70H45N5. The highest BCUT2D eigenvalue weighted by Gasteiger charge is 2.26. The van der Waals surface area contributed by atoms with Gasteiger partial charge in [0.1, 0.15) is 0 Å². The molecule has 0 saturated heterocycles. The van der Waals surface area contributed by atoms with Gasteiger partial charge in [0.05, 0.1) is 50.2 Å². The van der Waals surface area contributed by atoms with Gasteiger partial charge in [0.15, 0.2) is 5.82 Å². The van der Waals surface area contributed by atoms with E-state index in [-0.39, 0.29) is 0 Å². The Labute approximate surface area is 433 Å². The third-order valence-corrected chi connectivity index (χ3v) is 15.0. The van der Waals surface area contributed by atoms with Crippen molar-refractivity contribution in [3.8, 4) is 73.2 Å². The molecule has 0 aliphatic rings. The first-order valence-corrected chi connectivity index (χ1v) is 25.6. The molecule has 0 fully saturated rings. The summed E-state index contributed by atoms with van der Waals surface area (Å²) in [6.45, 7) is 0. The Morgan fingerprint density at radius 1 is 0.253 bits per heavy atom. The zero-order chi connectivity index (χ0) is 49.4. The summed E-state index contributed by atoms with van der Waals surface area (Å²) in [7, 11) is 0. The van der Waals surface area contributed by atoms with Crippen LogP contribution in [0.4, 0.5) is 0 Å². The highest BCUT2D eigenvalue weighted by molar-refractivity contribution is 6.26. The standard InChI is InChI=1S/C70H45N5/c1-6-22-46(23-7-1)56-44-67(57(47-24-8-2-9-25-47)43-58(56)61-45-60(48-26-10-3-11-27-48)71-70(72-61)49-28-12-4-13-29-49)75-65-40-38-51(74-62-35-19-16-32-52(62)53-33-17-20-36-63(53)74)42-59(65)54-39-41-66-68(69(54)75)55-34-18-21-37-64(55)73(66)50-30-14-5-15-31-50/h1-45H.